The summed E-state index contributed by atoms with van der Waals surface area (Å²) >= 11 is 0. The minimum atomic E-state index is -1.04. The van der Waals surface area contributed by atoms with E-state index in [1.165, 1.54) is 44.9 Å². The number of pyridine rings is 2. The van der Waals surface area contributed by atoms with Gasteiger partial charge in [0.05, 0.1) is 31.9 Å². The van der Waals surface area contributed by atoms with Crippen LogP contribution in [-0.4, -0.2) is 48.4 Å². The van der Waals surface area contributed by atoms with Crippen molar-refractivity contribution in [2.24, 2.45) is 0 Å². The van der Waals surface area contributed by atoms with Crippen molar-refractivity contribution in [2.75, 3.05) is 32.8 Å². The molecule has 4 aromatic rings. The summed E-state index contributed by atoms with van der Waals surface area (Å²) in [5.74, 6) is -2.33. The van der Waals surface area contributed by atoms with Gasteiger partial charge in [-0.15, -0.1) is 0 Å². The lowest BCUT2D eigenvalue weighted by atomic mass is 10.1. The highest BCUT2D eigenvalue weighted by Gasteiger charge is 2.19. The first kappa shape index (κ1) is 24.6. The predicted octanol–water partition coefficient (Wildman–Crippen LogP) is 4.34. The van der Waals surface area contributed by atoms with Crippen molar-refractivity contribution in [1.29, 1.82) is 0 Å². The molecule has 1 amide bonds. The number of benzene rings is 2. The molecule has 4 rings (SSSR count). The highest BCUT2D eigenvalue weighted by atomic mass is 19.1. The second kappa shape index (κ2) is 10.8. The van der Waals surface area contributed by atoms with E-state index in [0.29, 0.717) is 22.4 Å². The van der Waals surface area contributed by atoms with Crippen LogP contribution in [0, 0.1) is 11.6 Å². The van der Waals surface area contributed by atoms with Crippen molar-refractivity contribution in [2.45, 2.75) is 0 Å². The molecule has 0 radical (unpaired) electrons. The van der Waals surface area contributed by atoms with Gasteiger partial charge in [0.1, 0.15) is 18.1 Å². The fourth-order valence-corrected chi connectivity index (χ4v) is 3.41. The molecule has 0 fully saturated rings. The molecular weight excluding hydrogens is 476 g/mol. The monoisotopic (exact) mass is 497 g/mol. The average Bonchev–Trinajstić information content (AvgIpc) is 2.88. The zero-order chi connectivity index (χ0) is 25.7. The van der Waals surface area contributed by atoms with E-state index in [9.17, 15) is 13.6 Å². The van der Waals surface area contributed by atoms with E-state index in [4.69, 9.17) is 24.1 Å². The van der Waals surface area contributed by atoms with Gasteiger partial charge in [0.15, 0.2) is 28.9 Å². The topological polar surface area (TPSA) is 112 Å². The molecule has 0 atom stereocenters. The average molecular weight is 497 g/mol. The van der Waals surface area contributed by atoms with E-state index in [1.807, 2.05) is 0 Å². The Kier molecular flexibility index (Phi) is 7.40. The molecule has 0 unspecified atom stereocenters. The molecule has 11 heteroatoms. The molecule has 0 bridgehead atoms. The Balaban J connectivity index is 1.61. The fourth-order valence-electron chi connectivity index (χ4n) is 3.41. The van der Waals surface area contributed by atoms with Gasteiger partial charge in [-0.1, -0.05) is 0 Å². The minimum Gasteiger partial charge on any atom is -0.493 e. The van der Waals surface area contributed by atoms with Crippen LogP contribution in [-0.2, 0) is 0 Å². The Hall–Kier alpha value is -4.51. The molecule has 2 aromatic heterocycles. The van der Waals surface area contributed by atoms with Crippen LogP contribution in [0.4, 0.5) is 14.5 Å². The molecule has 0 aliphatic heterocycles. The van der Waals surface area contributed by atoms with Gasteiger partial charge in [0, 0.05) is 47.9 Å². The fraction of sp³-hybridized carbons (Fsp3) is 0.160. The zero-order valence-corrected chi connectivity index (χ0v) is 19.2. The first-order chi connectivity index (χ1) is 17.4. The number of hydrogen-bond acceptors (Lipinski definition) is 8. The second-order valence-corrected chi connectivity index (χ2v) is 7.30. The normalized spacial score (nSPS) is 10.7. The van der Waals surface area contributed by atoms with E-state index >= 15 is 0 Å². The van der Waals surface area contributed by atoms with E-state index < -0.39 is 23.3 Å². The van der Waals surface area contributed by atoms with Crippen LogP contribution in [0.3, 0.4) is 0 Å². The molecule has 2 N–H and O–H groups in total. The molecule has 0 saturated carbocycles. The van der Waals surface area contributed by atoms with Crippen molar-refractivity contribution in [1.82, 2.24) is 9.97 Å². The molecule has 0 aliphatic carbocycles. The van der Waals surface area contributed by atoms with Crippen molar-refractivity contribution in [3.8, 4) is 28.7 Å². The Morgan fingerprint density at radius 2 is 1.67 bits per heavy atom. The summed E-state index contributed by atoms with van der Waals surface area (Å²) in [7, 11) is 2.94. The van der Waals surface area contributed by atoms with E-state index in [-0.39, 0.29) is 36.0 Å². The highest BCUT2D eigenvalue weighted by Crippen LogP contribution is 2.38. The summed E-state index contributed by atoms with van der Waals surface area (Å²) in [6.07, 6.45) is 4.08. The SMILES string of the molecule is COc1cc2nccc(Oc3c(F)cc(NC(=O)c4cnccc4OCCO)cc3F)c2cc1OC. The van der Waals surface area contributed by atoms with Crippen LogP contribution in [0.15, 0.2) is 55.0 Å². The summed E-state index contributed by atoms with van der Waals surface area (Å²) in [5, 5.41) is 11.8. The number of methoxy groups -OCH3 is 2. The quantitative estimate of drug-likeness (QED) is 0.351. The van der Waals surface area contributed by atoms with Gasteiger partial charge in [0.2, 0.25) is 0 Å². The van der Waals surface area contributed by atoms with Crippen LogP contribution < -0.4 is 24.3 Å². The number of aromatic nitrogens is 2. The number of carbonyl (C=O) groups is 1. The van der Waals surface area contributed by atoms with Gasteiger partial charge in [-0.25, -0.2) is 8.78 Å². The van der Waals surface area contributed by atoms with Gasteiger partial charge in [0.25, 0.3) is 5.91 Å². The third kappa shape index (κ3) is 5.10. The Morgan fingerprint density at radius 1 is 0.972 bits per heavy atom. The Labute approximate surface area is 204 Å². The molecule has 186 valence electrons. The van der Waals surface area contributed by atoms with Crippen molar-refractivity contribution < 1.29 is 37.6 Å². The van der Waals surface area contributed by atoms with Crippen molar-refractivity contribution in [3.05, 3.63) is 72.2 Å². The van der Waals surface area contributed by atoms with Gasteiger partial charge in [-0.2, -0.15) is 0 Å². The number of aliphatic hydroxyl groups is 1. The lowest BCUT2D eigenvalue weighted by Crippen LogP contribution is -2.15. The van der Waals surface area contributed by atoms with Crippen LogP contribution >= 0.6 is 0 Å². The number of carbonyl (C=O) groups excluding carboxylic acids is 1. The van der Waals surface area contributed by atoms with Gasteiger partial charge >= 0.3 is 0 Å². The molecule has 0 spiro atoms. The van der Waals surface area contributed by atoms with E-state index in [2.05, 4.69) is 15.3 Å². The third-order valence-electron chi connectivity index (χ3n) is 5.05. The number of anilines is 1. The number of fused-ring (bicyclic) bond motifs is 1. The van der Waals surface area contributed by atoms with E-state index in [0.717, 1.165) is 12.1 Å². The highest BCUT2D eigenvalue weighted by molar-refractivity contribution is 6.06. The second-order valence-electron chi connectivity index (χ2n) is 7.30. The summed E-state index contributed by atoms with van der Waals surface area (Å²) in [5.41, 5.74) is 0.343. The van der Waals surface area contributed by atoms with E-state index in [1.54, 1.807) is 12.1 Å². The number of nitrogens with zero attached hydrogens (tertiary/aromatic N) is 2. The van der Waals surface area contributed by atoms with Crippen LogP contribution in [0.25, 0.3) is 10.9 Å². The smallest absolute Gasteiger partial charge is 0.261 e. The predicted molar refractivity (Wildman–Crippen MR) is 126 cm³/mol. The molecular formula is C25H21F2N3O6. The molecule has 2 aromatic carbocycles. The maximum absolute atomic E-state index is 14.9. The largest absolute Gasteiger partial charge is 0.493 e. The van der Waals surface area contributed by atoms with Crippen LogP contribution in [0.2, 0.25) is 0 Å². The number of hydrogen-bond donors (Lipinski definition) is 2. The van der Waals surface area contributed by atoms with Crippen LogP contribution in [0.1, 0.15) is 10.4 Å². The number of nitrogens with one attached hydrogen (secondary N) is 1. The number of ether oxygens (including phenoxy) is 4. The number of amides is 1. The zero-order valence-electron chi connectivity index (χ0n) is 19.2. The van der Waals surface area contributed by atoms with Gasteiger partial charge in [-0.3, -0.25) is 14.8 Å². The lowest BCUT2D eigenvalue weighted by Gasteiger charge is -2.14. The summed E-state index contributed by atoms with van der Waals surface area (Å²) in [6, 6.07) is 7.95. The molecule has 36 heavy (non-hydrogen) atoms. The van der Waals surface area contributed by atoms with Crippen molar-refractivity contribution >= 4 is 22.5 Å². The maximum atomic E-state index is 14.9. The lowest BCUT2D eigenvalue weighted by molar-refractivity contribution is 0.102. The van der Waals surface area contributed by atoms with Gasteiger partial charge in [-0.05, 0) is 18.2 Å². The summed E-state index contributed by atoms with van der Waals surface area (Å²) in [4.78, 5) is 20.8. The number of rotatable bonds is 9. The molecule has 9 nitrogen and oxygen atoms in total. The number of halogens is 2. The maximum Gasteiger partial charge on any atom is 0.261 e. The molecule has 0 saturated heterocycles. The Morgan fingerprint density at radius 3 is 2.36 bits per heavy atom. The van der Waals surface area contributed by atoms with Crippen molar-refractivity contribution in [3.63, 3.8) is 0 Å². The molecule has 2 heterocycles. The summed E-state index contributed by atoms with van der Waals surface area (Å²) in [6.45, 7) is -0.295. The number of aliphatic hydroxyl groups excluding tert-OH is 1. The standard InChI is InChI=1S/C25H21F2N3O6/c1-33-22-11-15-19(12-23(22)34-2)29-6-4-21(15)36-24-17(26)9-14(10-18(24)27)30-25(32)16-13-28-5-3-20(16)35-8-7-31/h3-6,9-13,31H,7-8H2,1-2H3,(H,30,32). The van der Waals surface area contributed by atoms with Crippen LogP contribution in [0.5, 0.6) is 28.7 Å². The summed E-state index contributed by atoms with van der Waals surface area (Å²) < 4.78 is 51.3. The Bertz CT molecular complexity index is 1390. The first-order valence-corrected chi connectivity index (χ1v) is 10.6. The third-order valence-corrected chi connectivity index (χ3v) is 5.05. The first-order valence-electron chi connectivity index (χ1n) is 10.6. The molecule has 0 aliphatic rings. The minimum absolute atomic E-state index is 0.0275. The van der Waals surface area contributed by atoms with Gasteiger partial charge < -0.3 is 29.4 Å².